The van der Waals surface area contributed by atoms with E-state index in [0.29, 0.717) is 32.1 Å². The zero-order chi connectivity index (χ0) is 16.8. The molecule has 9 heteroatoms. The average Bonchev–Trinajstić information content (AvgIpc) is 2.88. The van der Waals surface area contributed by atoms with Crippen molar-refractivity contribution in [3.05, 3.63) is 0 Å². The topological polar surface area (TPSA) is 100 Å². The molecule has 0 bridgehead atoms. The number of sulfonamides is 1. The summed E-state index contributed by atoms with van der Waals surface area (Å²) in [5.74, 6) is 0.536. The predicted octanol–water partition coefficient (Wildman–Crippen LogP) is -0.758. The lowest BCUT2D eigenvalue weighted by Crippen LogP contribution is -2.43. The third-order valence-corrected chi connectivity index (χ3v) is 5.14. The molecule has 22 heavy (non-hydrogen) atoms. The fourth-order valence-electron chi connectivity index (χ4n) is 2.41. The molecule has 0 aromatic carbocycles. The number of hydrogen-bond donors (Lipinski definition) is 2. The molecule has 2 N–H and O–H groups in total. The summed E-state index contributed by atoms with van der Waals surface area (Å²) in [4.78, 5) is 17.9. The summed E-state index contributed by atoms with van der Waals surface area (Å²) >= 11 is 0. The Hall–Kier alpha value is -1.35. The molecule has 1 aliphatic heterocycles. The Bertz CT molecular complexity index is 506. The van der Waals surface area contributed by atoms with Crippen LogP contribution in [0.3, 0.4) is 0 Å². The number of methoxy groups -OCH3 is 1. The summed E-state index contributed by atoms with van der Waals surface area (Å²) in [7, 11) is -0.125. The van der Waals surface area contributed by atoms with Crippen LogP contribution in [0.1, 0.15) is 13.8 Å². The summed E-state index contributed by atoms with van der Waals surface area (Å²) in [5, 5.41) is 3.10. The van der Waals surface area contributed by atoms with Crippen LogP contribution in [0.4, 0.5) is 0 Å². The van der Waals surface area contributed by atoms with Gasteiger partial charge < -0.3 is 15.0 Å². The quantitative estimate of drug-likeness (QED) is 0.287. The van der Waals surface area contributed by atoms with Crippen LogP contribution < -0.4 is 10.0 Å². The lowest BCUT2D eigenvalue weighted by Gasteiger charge is -2.21. The first kappa shape index (κ1) is 18.7. The van der Waals surface area contributed by atoms with Gasteiger partial charge in [-0.1, -0.05) is 6.92 Å². The van der Waals surface area contributed by atoms with E-state index in [9.17, 15) is 13.2 Å². The maximum absolute atomic E-state index is 11.7. The highest BCUT2D eigenvalue weighted by molar-refractivity contribution is 7.89. The fraction of sp³-hybridized carbons (Fsp3) is 0.846. The smallest absolute Gasteiger partial charge is 0.310 e. The molecular weight excluding hydrogens is 308 g/mol. The number of rotatable bonds is 6. The molecular formula is C13H26N4O4S. The third-order valence-electron chi connectivity index (χ3n) is 3.74. The average molecular weight is 334 g/mol. The lowest BCUT2D eigenvalue weighted by molar-refractivity contribution is -0.145. The summed E-state index contributed by atoms with van der Waals surface area (Å²) in [6.07, 6.45) is 0. The number of carbonyl (C=O) groups excluding carboxylic acids is 1. The van der Waals surface area contributed by atoms with Gasteiger partial charge in [-0.15, -0.1) is 0 Å². The Balaban J connectivity index is 2.48. The van der Waals surface area contributed by atoms with Crippen LogP contribution >= 0.6 is 0 Å². The van der Waals surface area contributed by atoms with Crippen molar-refractivity contribution in [1.29, 1.82) is 0 Å². The minimum absolute atomic E-state index is 0.0617. The predicted molar refractivity (Wildman–Crippen MR) is 85.1 cm³/mol. The van der Waals surface area contributed by atoms with Crippen molar-refractivity contribution < 1.29 is 17.9 Å². The van der Waals surface area contributed by atoms with Gasteiger partial charge in [0.1, 0.15) is 0 Å². The summed E-state index contributed by atoms with van der Waals surface area (Å²) < 4.78 is 30.0. The molecule has 128 valence electrons. The number of likely N-dealkylation sites (tertiary alicyclic amines) is 1. The van der Waals surface area contributed by atoms with Crippen LogP contribution in [0.2, 0.25) is 0 Å². The first-order valence-electron chi connectivity index (χ1n) is 7.35. The monoisotopic (exact) mass is 334 g/mol. The van der Waals surface area contributed by atoms with E-state index < -0.39 is 10.0 Å². The molecule has 8 nitrogen and oxygen atoms in total. The number of carbonyl (C=O) groups is 1. The second-order valence-electron chi connectivity index (χ2n) is 5.28. The van der Waals surface area contributed by atoms with Crippen molar-refractivity contribution in [1.82, 2.24) is 14.9 Å². The number of hydrogen-bond acceptors (Lipinski definition) is 5. The minimum atomic E-state index is -3.18. The van der Waals surface area contributed by atoms with Crippen molar-refractivity contribution in [3.8, 4) is 0 Å². The number of guanidine groups is 1. The largest absolute Gasteiger partial charge is 0.469 e. The van der Waals surface area contributed by atoms with Gasteiger partial charge in [-0.05, 0) is 12.8 Å². The Morgan fingerprint density at radius 3 is 2.59 bits per heavy atom. The van der Waals surface area contributed by atoms with Gasteiger partial charge in [0.2, 0.25) is 10.0 Å². The molecule has 0 aromatic heterocycles. The first-order chi connectivity index (χ1) is 10.3. The number of aliphatic imine (C=N–C) groups is 1. The summed E-state index contributed by atoms with van der Waals surface area (Å²) in [6, 6.07) is 0. The molecule has 0 amide bonds. The molecule has 1 heterocycles. The molecule has 1 rings (SSSR count). The zero-order valence-corrected chi connectivity index (χ0v) is 14.4. The van der Waals surface area contributed by atoms with E-state index >= 15 is 0 Å². The van der Waals surface area contributed by atoms with Gasteiger partial charge >= 0.3 is 5.97 Å². The van der Waals surface area contributed by atoms with Crippen molar-refractivity contribution in [2.75, 3.05) is 46.1 Å². The SMILES string of the molecule is CCS(=O)(=O)NCCNC(=NC)N1CC(C)C(C(=O)OC)C1. The zero-order valence-electron chi connectivity index (χ0n) is 13.6. The van der Waals surface area contributed by atoms with Gasteiger partial charge in [-0.2, -0.15) is 0 Å². The van der Waals surface area contributed by atoms with Gasteiger partial charge in [0.05, 0.1) is 18.8 Å². The van der Waals surface area contributed by atoms with Gasteiger partial charge in [0.15, 0.2) is 5.96 Å². The summed E-state index contributed by atoms with van der Waals surface area (Å²) in [5.41, 5.74) is 0. The molecule has 2 atom stereocenters. The molecule has 0 spiro atoms. The highest BCUT2D eigenvalue weighted by Crippen LogP contribution is 2.23. The molecule has 0 aromatic rings. The van der Waals surface area contributed by atoms with Crippen LogP contribution in [-0.4, -0.2) is 71.3 Å². The molecule has 0 aliphatic carbocycles. The van der Waals surface area contributed by atoms with Gasteiger partial charge in [-0.3, -0.25) is 9.79 Å². The maximum atomic E-state index is 11.7. The normalized spacial score (nSPS) is 22.7. The van der Waals surface area contributed by atoms with Crippen molar-refractivity contribution in [2.24, 2.45) is 16.8 Å². The highest BCUT2D eigenvalue weighted by Gasteiger charge is 2.36. The maximum Gasteiger partial charge on any atom is 0.310 e. The number of nitrogens with zero attached hydrogens (tertiary/aromatic N) is 2. The number of ether oxygens (including phenoxy) is 1. The first-order valence-corrected chi connectivity index (χ1v) is 9.00. The van der Waals surface area contributed by atoms with Crippen LogP contribution in [0.25, 0.3) is 0 Å². The standard InChI is InChI=1S/C13H26N4O4S/c1-5-22(19,20)16-7-6-15-13(14-3)17-8-10(2)11(9-17)12(18)21-4/h10-11,16H,5-9H2,1-4H3,(H,14,15). The molecule has 1 saturated heterocycles. The van der Waals surface area contributed by atoms with Gasteiger partial charge in [-0.25, -0.2) is 13.1 Å². The number of esters is 1. The Morgan fingerprint density at radius 1 is 1.36 bits per heavy atom. The molecule has 2 unspecified atom stereocenters. The summed E-state index contributed by atoms with van der Waals surface area (Å²) in [6.45, 7) is 5.57. The third kappa shape index (κ3) is 5.13. The molecule has 0 radical (unpaired) electrons. The van der Waals surface area contributed by atoms with Crippen LogP contribution in [-0.2, 0) is 19.6 Å². The van der Waals surface area contributed by atoms with Crippen molar-refractivity contribution in [3.63, 3.8) is 0 Å². The van der Waals surface area contributed by atoms with E-state index in [-0.39, 0.29) is 23.6 Å². The lowest BCUT2D eigenvalue weighted by atomic mass is 9.99. The van der Waals surface area contributed by atoms with Crippen molar-refractivity contribution in [2.45, 2.75) is 13.8 Å². The Morgan fingerprint density at radius 2 is 2.05 bits per heavy atom. The van der Waals surface area contributed by atoms with Crippen molar-refractivity contribution >= 4 is 22.0 Å². The van der Waals surface area contributed by atoms with E-state index in [1.54, 1.807) is 14.0 Å². The van der Waals surface area contributed by atoms with Gasteiger partial charge in [0, 0.05) is 33.2 Å². The van der Waals surface area contributed by atoms with Crippen LogP contribution in [0, 0.1) is 11.8 Å². The highest BCUT2D eigenvalue weighted by atomic mass is 32.2. The molecule has 0 saturated carbocycles. The second-order valence-corrected chi connectivity index (χ2v) is 7.38. The van der Waals surface area contributed by atoms with Gasteiger partial charge in [0.25, 0.3) is 0 Å². The van der Waals surface area contributed by atoms with E-state index in [0.717, 1.165) is 0 Å². The Labute approximate surface area is 132 Å². The minimum Gasteiger partial charge on any atom is -0.469 e. The van der Waals surface area contributed by atoms with Crippen LogP contribution in [0.15, 0.2) is 4.99 Å². The number of nitrogens with one attached hydrogen (secondary N) is 2. The molecule has 1 fully saturated rings. The fourth-order valence-corrected chi connectivity index (χ4v) is 3.03. The van der Waals surface area contributed by atoms with E-state index in [2.05, 4.69) is 15.0 Å². The van der Waals surface area contributed by atoms with E-state index in [1.807, 2.05) is 11.8 Å². The van der Waals surface area contributed by atoms with Crippen LogP contribution in [0.5, 0.6) is 0 Å². The Kier molecular flexibility index (Phi) is 7.08. The second kappa shape index (κ2) is 8.33. The van der Waals surface area contributed by atoms with E-state index in [4.69, 9.17) is 4.74 Å². The molecule has 1 aliphatic rings. The van der Waals surface area contributed by atoms with E-state index in [1.165, 1.54) is 7.11 Å².